The van der Waals surface area contributed by atoms with Gasteiger partial charge in [0.15, 0.2) is 11.5 Å². The largest absolute Gasteiger partial charge is 0.497 e. The number of amides is 2. The van der Waals surface area contributed by atoms with E-state index in [0.29, 0.717) is 11.3 Å². The summed E-state index contributed by atoms with van der Waals surface area (Å²) in [5.41, 5.74) is 0.565. The number of carbonyl (C=O) groups is 2. The molecule has 1 aromatic carbocycles. The zero-order chi connectivity index (χ0) is 20.9. The van der Waals surface area contributed by atoms with Crippen LogP contribution in [0.2, 0.25) is 0 Å². The van der Waals surface area contributed by atoms with Crippen LogP contribution in [0.15, 0.2) is 36.7 Å². The number of aromatic nitrogens is 2. The van der Waals surface area contributed by atoms with Crippen LogP contribution in [0.5, 0.6) is 5.75 Å². The molecule has 2 aromatic rings. The first-order valence-electron chi connectivity index (χ1n) is 10.4. The summed E-state index contributed by atoms with van der Waals surface area (Å²) in [4.78, 5) is 36.2. The van der Waals surface area contributed by atoms with E-state index in [1.807, 2.05) is 0 Å². The van der Waals surface area contributed by atoms with E-state index < -0.39 is 0 Å². The Kier molecular flexibility index (Phi) is 6.23. The number of anilines is 1. The average molecular weight is 409 g/mol. The molecule has 158 valence electrons. The molecule has 2 N–H and O–H groups in total. The molecule has 0 atom stereocenters. The Balaban J connectivity index is 1.36. The Bertz CT molecular complexity index is 890. The topological polar surface area (TPSA) is 96.5 Å². The predicted molar refractivity (Wildman–Crippen MR) is 113 cm³/mol. The number of nitrogens with zero attached hydrogens (tertiary/aromatic N) is 3. The van der Waals surface area contributed by atoms with E-state index in [0.717, 1.165) is 31.8 Å². The van der Waals surface area contributed by atoms with Crippen molar-refractivity contribution in [2.45, 2.75) is 31.7 Å². The predicted octanol–water partition coefficient (Wildman–Crippen LogP) is 2.34. The maximum atomic E-state index is 12.8. The van der Waals surface area contributed by atoms with Gasteiger partial charge in [-0.25, -0.2) is 9.97 Å². The van der Waals surface area contributed by atoms with Crippen molar-refractivity contribution in [1.82, 2.24) is 20.2 Å². The monoisotopic (exact) mass is 409 g/mol. The number of likely N-dealkylation sites (tertiary alicyclic amines) is 1. The second-order valence-corrected chi connectivity index (χ2v) is 7.93. The van der Waals surface area contributed by atoms with Crippen LogP contribution in [-0.2, 0) is 0 Å². The molecule has 1 saturated carbocycles. The smallest absolute Gasteiger partial charge is 0.273 e. The minimum Gasteiger partial charge on any atom is -0.497 e. The summed E-state index contributed by atoms with van der Waals surface area (Å²) in [6, 6.07) is 6.82. The second-order valence-electron chi connectivity index (χ2n) is 7.93. The summed E-state index contributed by atoms with van der Waals surface area (Å²) in [5.74, 6) is 1.03. The summed E-state index contributed by atoms with van der Waals surface area (Å²) in [5, 5.41) is 5.75. The molecule has 1 aliphatic heterocycles. The maximum Gasteiger partial charge on any atom is 0.273 e. The molecule has 2 heterocycles. The van der Waals surface area contributed by atoms with Crippen molar-refractivity contribution in [2.24, 2.45) is 5.92 Å². The fraction of sp³-hybridized carbons (Fsp3) is 0.455. The Morgan fingerprint density at radius 2 is 1.73 bits per heavy atom. The number of ether oxygens (including phenoxy) is 1. The molecular formula is C22H27N5O3. The lowest BCUT2D eigenvalue weighted by Crippen LogP contribution is -2.45. The van der Waals surface area contributed by atoms with Crippen molar-refractivity contribution >= 4 is 17.6 Å². The maximum absolute atomic E-state index is 12.8. The molecule has 30 heavy (non-hydrogen) atoms. The molecule has 0 unspecified atom stereocenters. The molecule has 2 aliphatic rings. The third-order valence-corrected chi connectivity index (χ3v) is 5.63. The molecular weight excluding hydrogens is 382 g/mol. The number of hydrogen-bond donors (Lipinski definition) is 2. The van der Waals surface area contributed by atoms with Gasteiger partial charge in [0.05, 0.1) is 7.11 Å². The van der Waals surface area contributed by atoms with Crippen LogP contribution in [0.25, 0.3) is 0 Å². The molecule has 0 radical (unpaired) electrons. The van der Waals surface area contributed by atoms with Gasteiger partial charge in [0.25, 0.3) is 11.8 Å². The van der Waals surface area contributed by atoms with Crippen LogP contribution < -0.4 is 15.4 Å². The zero-order valence-corrected chi connectivity index (χ0v) is 17.1. The Morgan fingerprint density at radius 3 is 2.40 bits per heavy atom. The van der Waals surface area contributed by atoms with E-state index in [9.17, 15) is 9.59 Å². The Labute approximate surface area is 176 Å². The van der Waals surface area contributed by atoms with Crippen molar-refractivity contribution in [3.63, 3.8) is 0 Å². The first-order valence-corrected chi connectivity index (χ1v) is 10.4. The third-order valence-electron chi connectivity index (χ3n) is 5.63. The first kappa shape index (κ1) is 20.3. The molecule has 0 spiro atoms. The molecule has 2 amide bonds. The molecule has 1 aliphatic carbocycles. The molecule has 4 rings (SSSR count). The summed E-state index contributed by atoms with van der Waals surface area (Å²) in [7, 11) is 1.57. The summed E-state index contributed by atoms with van der Waals surface area (Å²) < 4.78 is 5.11. The van der Waals surface area contributed by atoms with Crippen LogP contribution >= 0.6 is 0 Å². The van der Waals surface area contributed by atoms with Crippen LogP contribution in [0, 0.1) is 5.92 Å². The van der Waals surface area contributed by atoms with Gasteiger partial charge in [-0.15, -0.1) is 0 Å². The third kappa shape index (κ3) is 5.13. The number of nitrogens with one attached hydrogen (secondary N) is 2. The van der Waals surface area contributed by atoms with Gasteiger partial charge in [-0.05, 0) is 55.9 Å². The van der Waals surface area contributed by atoms with Gasteiger partial charge in [0, 0.05) is 43.6 Å². The molecule has 0 bridgehead atoms. The van der Waals surface area contributed by atoms with Gasteiger partial charge >= 0.3 is 0 Å². The average Bonchev–Trinajstić information content (AvgIpc) is 3.59. The zero-order valence-electron chi connectivity index (χ0n) is 17.1. The van der Waals surface area contributed by atoms with Crippen molar-refractivity contribution < 1.29 is 14.3 Å². The molecule has 1 aromatic heterocycles. The number of piperidine rings is 1. The van der Waals surface area contributed by atoms with E-state index in [1.165, 1.54) is 31.8 Å². The second kappa shape index (κ2) is 9.21. The van der Waals surface area contributed by atoms with Crippen LogP contribution in [0.1, 0.15) is 46.5 Å². The summed E-state index contributed by atoms with van der Waals surface area (Å²) in [6.07, 6.45) is 7.47. The van der Waals surface area contributed by atoms with Gasteiger partial charge in [0.1, 0.15) is 5.75 Å². The Morgan fingerprint density at radius 1 is 1.03 bits per heavy atom. The first-order chi connectivity index (χ1) is 14.6. The number of benzene rings is 1. The number of hydrogen-bond acceptors (Lipinski definition) is 6. The van der Waals surface area contributed by atoms with Crippen LogP contribution in [0.4, 0.5) is 5.82 Å². The quantitative estimate of drug-likeness (QED) is 0.729. The minimum absolute atomic E-state index is 0.111. The standard InChI is InChI=1S/C22H27N5O3/c1-30-18-6-4-16(5-7-18)21(28)26-20-19(23-10-11-24-20)22(29)25-17-8-12-27(13-9-17)14-15-2-3-15/h4-7,10-11,15,17H,2-3,8-9,12-14H2,1H3,(H,25,29)(H,24,26,28). The van der Waals surface area contributed by atoms with Gasteiger partial charge in [0.2, 0.25) is 0 Å². The Hall–Kier alpha value is -3.00. The highest BCUT2D eigenvalue weighted by Crippen LogP contribution is 2.30. The van der Waals surface area contributed by atoms with E-state index in [-0.39, 0.29) is 29.4 Å². The van der Waals surface area contributed by atoms with Crippen molar-refractivity contribution in [3.8, 4) is 5.75 Å². The van der Waals surface area contributed by atoms with E-state index in [2.05, 4.69) is 25.5 Å². The van der Waals surface area contributed by atoms with Crippen molar-refractivity contribution in [3.05, 3.63) is 47.9 Å². The number of rotatable bonds is 7. The molecule has 8 nitrogen and oxygen atoms in total. The SMILES string of the molecule is COc1ccc(C(=O)Nc2nccnc2C(=O)NC2CCN(CC3CC3)CC2)cc1. The van der Waals surface area contributed by atoms with Crippen LogP contribution in [-0.4, -0.2) is 59.5 Å². The van der Waals surface area contributed by atoms with Gasteiger partial charge < -0.3 is 20.3 Å². The van der Waals surface area contributed by atoms with E-state index in [4.69, 9.17) is 4.74 Å². The van der Waals surface area contributed by atoms with Gasteiger partial charge in [-0.1, -0.05) is 0 Å². The molecule has 8 heteroatoms. The summed E-state index contributed by atoms with van der Waals surface area (Å²) >= 11 is 0. The minimum atomic E-state index is -0.361. The van der Waals surface area contributed by atoms with Gasteiger partial charge in [-0.3, -0.25) is 9.59 Å². The van der Waals surface area contributed by atoms with Crippen molar-refractivity contribution in [1.29, 1.82) is 0 Å². The van der Waals surface area contributed by atoms with Gasteiger partial charge in [-0.2, -0.15) is 0 Å². The molecule has 2 fully saturated rings. The fourth-order valence-electron chi connectivity index (χ4n) is 3.70. The highest BCUT2D eigenvalue weighted by molar-refractivity contribution is 6.07. The van der Waals surface area contributed by atoms with Crippen molar-refractivity contribution in [2.75, 3.05) is 32.1 Å². The highest BCUT2D eigenvalue weighted by Gasteiger charge is 2.28. The van der Waals surface area contributed by atoms with E-state index in [1.54, 1.807) is 31.4 Å². The lowest BCUT2D eigenvalue weighted by atomic mass is 10.0. The highest BCUT2D eigenvalue weighted by atomic mass is 16.5. The fourth-order valence-corrected chi connectivity index (χ4v) is 3.70. The molecule has 1 saturated heterocycles. The normalized spacial score (nSPS) is 17.4. The van der Waals surface area contributed by atoms with Crippen LogP contribution in [0.3, 0.4) is 0 Å². The lowest BCUT2D eigenvalue weighted by molar-refractivity contribution is 0.0905. The number of methoxy groups -OCH3 is 1. The number of carbonyl (C=O) groups excluding carboxylic acids is 2. The lowest BCUT2D eigenvalue weighted by Gasteiger charge is -2.32. The summed E-state index contributed by atoms with van der Waals surface area (Å²) in [6.45, 7) is 3.19. The van der Waals surface area contributed by atoms with E-state index >= 15 is 0 Å².